The van der Waals surface area contributed by atoms with Crippen LogP contribution in [0.5, 0.6) is 0 Å². The molecule has 2 aliphatic heterocycles. The highest BCUT2D eigenvalue weighted by Gasteiger charge is 2.38. The molecule has 4 rings (SSSR count). The molecule has 0 unspecified atom stereocenters. The zero-order valence-corrected chi connectivity index (χ0v) is 15.3. The van der Waals surface area contributed by atoms with Gasteiger partial charge in [0.05, 0.1) is 5.39 Å². The topological polar surface area (TPSA) is 81.3 Å². The molecule has 2 aromatic rings. The highest BCUT2D eigenvalue weighted by molar-refractivity contribution is 5.80. The van der Waals surface area contributed by atoms with Gasteiger partial charge >= 0.3 is 5.69 Å². The molecule has 0 atom stereocenters. The Labute approximate surface area is 151 Å². The van der Waals surface area contributed by atoms with Gasteiger partial charge in [-0.2, -0.15) is 0 Å². The zero-order chi connectivity index (χ0) is 18.5. The minimum absolute atomic E-state index is 0.0384. The van der Waals surface area contributed by atoms with Crippen LogP contribution in [-0.4, -0.2) is 50.7 Å². The molecule has 2 aromatic heterocycles. The fourth-order valence-corrected chi connectivity index (χ4v) is 4.41. The minimum atomic E-state index is -0.386. The summed E-state index contributed by atoms with van der Waals surface area (Å²) in [6.07, 6.45) is 4.99. The lowest BCUT2D eigenvalue weighted by Gasteiger charge is -2.39. The number of likely N-dealkylation sites (tertiary alicyclic amines) is 1. The Morgan fingerprint density at radius 1 is 1.15 bits per heavy atom. The highest BCUT2D eigenvalue weighted by atomic mass is 16.2. The predicted octanol–water partition coefficient (Wildman–Crippen LogP) is -0.359. The number of nitrogens with one attached hydrogen (secondary N) is 1. The maximum atomic E-state index is 12.8. The molecule has 1 amide bonds. The Morgan fingerprint density at radius 3 is 2.54 bits per heavy atom. The smallest absolute Gasteiger partial charge is 0.332 e. The van der Waals surface area contributed by atoms with E-state index in [1.54, 1.807) is 23.9 Å². The van der Waals surface area contributed by atoms with Crippen LogP contribution in [0.15, 0.2) is 21.9 Å². The standard InChI is InChI=1S/C18H25N5O3/c1-20-15-13(16(25)21(2)17(20)26)3-8-23(15)11-14(24)22-9-5-18(6-10-22)4-7-19-12-18/h3,8,19H,4-7,9-12H2,1-2H3. The van der Waals surface area contributed by atoms with Gasteiger partial charge in [0, 0.05) is 39.9 Å². The molecular weight excluding hydrogens is 334 g/mol. The van der Waals surface area contributed by atoms with E-state index in [9.17, 15) is 14.4 Å². The summed E-state index contributed by atoms with van der Waals surface area (Å²) < 4.78 is 4.23. The van der Waals surface area contributed by atoms with E-state index in [0.29, 0.717) is 16.4 Å². The van der Waals surface area contributed by atoms with Crippen molar-refractivity contribution in [3.8, 4) is 0 Å². The first-order valence-corrected chi connectivity index (χ1v) is 9.15. The number of aryl methyl sites for hydroxylation is 1. The summed E-state index contributed by atoms with van der Waals surface area (Å²) in [4.78, 5) is 39.2. The number of rotatable bonds is 2. The van der Waals surface area contributed by atoms with E-state index in [1.807, 2.05) is 4.90 Å². The van der Waals surface area contributed by atoms with Crippen molar-refractivity contribution in [3.63, 3.8) is 0 Å². The van der Waals surface area contributed by atoms with Crippen molar-refractivity contribution in [3.05, 3.63) is 33.1 Å². The van der Waals surface area contributed by atoms with Gasteiger partial charge < -0.3 is 14.8 Å². The monoisotopic (exact) mass is 359 g/mol. The third-order valence-corrected chi connectivity index (χ3v) is 6.18. The predicted molar refractivity (Wildman–Crippen MR) is 98.2 cm³/mol. The molecule has 2 aliphatic rings. The van der Waals surface area contributed by atoms with Gasteiger partial charge in [-0.05, 0) is 37.3 Å². The maximum Gasteiger partial charge on any atom is 0.332 e. The van der Waals surface area contributed by atoms with Crippen molar-refractivity contribution >= 4 is 16.9 Å². The molecule has 0 aliphatic carbocycles. The third kappa shape index (κ3) is 2.59. The average Bonchev–Trinajstić information content (AvgIpc) is 3.26. The largest absolute Gasteiger partial charge is 0.341 e. The van der Waals surface area contributed by atoms with Crippen LogP contribution in [0.2, 0.25) is 0 Å². The highest BCUT2D eigenvalue weighted by Crippen LogP contribution is 2.36. The van der Waals surface area contributed by atoms with Crippen molar-refractivity contribution < 1.29 is 4.79 Å². The van der Waals surface area contributed by atoms with E-state index < -0.39 is 0 Å². The lowest BCUT2D eigenvalue weighted by Crippen LogP contribution is -2.45. The Balaban J connectivity index is 1.55. The van der Waals surface area contributed by atoms with Crippen LogP contribution in [0.3, 0.4) is 0 Å². The summed E-state index contributed by atoms with van der Waals surface area (Å²) >= 11 is 0. The molecule has 1 spiro atoms. The van der Waals surface area contributed by atoms with E-state index in [1.165, 1.54) is 18.0 Å². The van der Waals surface area contributed by atoms with E-state index in [2.05, 4.69) is 5.32 Å². The van der Waals surface area contributed by atoms with E-state index in [4.69, 9.17) is 0 Å². The number of carbonyl (C=O) groups excluding carboxylic acids is 1. The molecule has 0 aromatic carbocycles. The molecule has 8 heteroatoms. The summed E-state index contributed by atoms with van der Waals surface area (Å²) in [5.74, 6) is 0.0384. The van der Waals surface area contributed by atoms with Crippen LogP contribution >= 0.6 is 0 Å². The fraction of sp³-hybridized carbons (Fsp3) is 0.611. The Bertz CT molecular complexity index is 967. The van der Waals surface area contributed by atoms with Gasteiger partial charge in [-0.1, -0.05) is 0 Å². The second-order valence-electron chi connectivity index (χ2n) is 7.69. The average molecular weight is 359 g/mol. The minimum Gasteiger partial charge on any atom is -0.341 e. The van der Waals surface area contributed by atoms with Crippen LogP contribution in [0.4, 0.5) is 0 Å². The van der Waals surface area contributed by atoms with Crippen LogP contribution in [0.25, 0.3) is 11.0 Å². The van der Waals surface area contributed by atoms with Crippen molar-refractivity contribution in [2.45, 2.75) is 25.8 Å². The van der Waals surface area contributed by atoms with Gasteiger partial charge in [-0.15, -0.1) is 0 Å². The van der Waals surface area contributed by atoms with E-state index in [-0.39, 0.29) is 23.7 Å². The summed E-state index contributed by atoms with van der Waals surface area (Å²) in [6, 6.07) is 1.68. The molecule has 2 fully saturated rings. The molecule has 8 nitrogen and oxygen atoms in total. The van der Waals surface area contributed by atoms with Gasteiger partial charge in [0.2, 0.25) is 5.91 Å². The Hall–Kier alpha value is -2.35. The number of piperidine rings is 1. The first-order chi connectivity index (χ1) is 12.4. The lowest BCUT2D eigenvalue weighted by atomic mass is 9.78. The second-order valence-corrected chi connectivity index (χ2v) is 7.69. The van der Waals surface area contributed by atoms with E-state index in [0.717, 1.165) is 43.6 Å². The van der Waals surface area contributed by atoms with Crippen molar-refractivity contribution in [1.82, 2.24) is 23.9 Å². The van der Waals surface area contributed by atoms with Gasteiger partial charge in [0.25, 0.3) is 5.56 Å². The molecule has 0 radical (unpaired) electrons. The molecule has 2 saturated heterocycles. The molecule has 26 heavy (non-hydrogen) atoms. The molecule has 0 saturated carbocycles. The van der Waals surface area contributed by atoms with Crippen LogP contribution in [-0.2, 0) is 25.4 Å². The quantitative estimate of drug-likeness (QED) is 0.794. The summed E-state index contributed by atoms with van der Waals surface area (Å²) in [5.41, 5.74) is 0.152. The summed E-state index contributed by atoms with van der Waals surface area (Å²) in [5, 5.41) is 3.89. The number of amides is 1. The molecule has 1 N–H and O–H groups in total. The first-order valence-electron chi connectivity index (χ1n) is 9.15. The number of carbonyl (C=O) groups is 1. The number of aromatic nitrogens is 3. The van der Waals surface area contributed by atoms with Crippen molar-refractivity contribution in [1.29, 1.82) is 0 Å². The van der Waals surface area contributed by atoms with Crippen LogP contribution in [0, 0.1) is 5.41 Å². The van der Waals surface area contributed by atoms with Gasteiger partial charge in [-0.25, -0.2) is 4.79 Å². The number of hydrogen-bond acceptors (Lipinski definition) is 4. The van der Waals surface area contributed by atoms with Gasteiger partial charge in [0.1, 0.15) is 12.2 Å². The third-order valence-electron chi connectivity index (χ3n) is 6.18. The molecular formula is C18H25N5O3. The summed E-state index contributed by atoms with van der Waals surface area (Å²) in [7, 11) is 3.09. The van der Waals surface area contributed by atoms with Crippen molar-refractivity contribution in [2.24, 2.45) is 19.5 Å². The zero-order valence-electron chi connectivity index (χ0n) is 15.3. The number of fused-ring (bicyclic) bond motifs is 1. The maximum absolute atomic E-state index is 12.8. The van der Waals surface area contributed by atoms with Crippen LogP contribution in [0.1, 0.15) is 19.3 Å². The Kier molecular flexibility index (Phi) is 4.02. The fourth-order valence-electron chi connectivity index (χ4n) is 4.41. The number of hydrogen-bond donors (Lipinski definition) is 1. The lowest BCUT2D eigenvalue weighted by molar-refractivity contribution is -0.133. The Morgan fingerprint density at radius 2 is 1.88 bits per heavy atom. The molecule has 140 valence electrons. The summed E-state index contributed by atoms with van der Waals surface area (Å²) in [6.45, 7) is 3.84. The van der Waals surface area contributed by atoms with Crippen LogP contribution < -0.4 is 16.6 Å². The normalized spacial score (nSPS) is 19.5. The first kappa shape index (κ1) is 17.1. The molecule has 0 bridgehead atoms. The van der Waals surface area contributed by atoms with Gasteiger partial charge in [-0.3, -0.25) is 18.7 Å². The number of nitrogens with zero attached hydrogens (tertiary/aromatic N) is 4. The molecule has 4 heterocycles. The van der Waals surface area contributed by atoms with Crippen molar-refractivity contribution in [2.75, 3.05) is 26.2 Å². The SMILES string of the molecule is Cn1c(=O)c2ccn(CC(=O)N3CCC4(CCNC4)CC3)c2n(C)c1=O. The second kappa shape index (κ2) is 6.12. The van der Waals surface area contributed by atoms with E-state index >= 15 is 0 Å². The van der Waals surface area contributed by atoms with Gasteiger partial charge in [0.15, 0.2) is 0 Å².